The molecule has 0 aliphatic heterocycles. The first-order valence-corrected chi connectivity index (χ1v) is 4.09. The standard InChI is InChI=1S/C7H7NO3S/c1-5(11-4-10)7-8-2-6(3-9)12-7/h2-5H,1H3. The largest absolute Gasteiger partial charge is 0.457 e. The van der Waals surface area contributed by atoms with Crippen molar-refractivity contribution in [2.24, 2.45) is 0 Å². The number of carbonyl (C=O) groups is 2. The maximum Gasteiger partial charge on any atom is 0.293 e. The van der Waals surface area contributed by atoms with Crippen molar-refractivity contribution >= 4 is 24.1 Å². The Morgan fingerprint density at radius 2 is 2.42 bits per heavy atom. The van der Waals surface area contributed by atoms with E-state index in [9.17, 15) is 9.59 Å². The Kier molecular flexibility index (Phi) is 2.93. The molecular weight excluding hydrogens is 178 g/mol. The van der Waals surface area contributed by atoms with Crippen LogP contribution in [0.2, 0.25) is 0 Å². The minimum atomic E-state index is -0.374. The van der Waals surface area contributed by atoms with E-state index in [4.69, 9.17) is 0 Å². The molecule has 4 nitrogen and oxygen atoms in total. The van der Waals surface area contributed by atoms with Gasteiger partial charge in [-0.3, -0.25) is 9.59 Å². The summed E-state index contributed by atoms with van der Waals surface area (Å²) in [6.07, 6.45) is 1.80. The third-order valence-electron chi connectivity index (χ3n) is 1.27. The highest BCUT2D eigenvalue weighted by molar-refractivity contribution is 7.13. The van der Waals surface area contributed by atoms with Gasteiger partial charge in [0.25, 0.3) is 6.47 Å². The van der Waals surface area contributed by atoms with Gasteiger partial charge in [0.2, 0.25) is 0 Å². The zero-order valence-corrected chi connectivity index (χ0v) is 7.21. The molecule has 1 unspecified atom stereocenters. The van der Waals surface area contributed by atoms with Gasteiger partial charge < -0.3 is 4.74 Å². The van der Waals surface area contributed by atoms with Crippen LogP contribution in [0.3, 0.4) is 0 Å². The monoisotopic (exact) mass is 185 g/mol. The number of aromatic nitrogens is 1. The molecule has 0 aliphatic carbocycles. The Labute approximate surface area is 73.2 Å². The van der Waals surface area contributed by atoms with Crippen LogP contribution in [-0.2, 0) is 9.53 Å². The van der Waals surface area contributed by atoms with Crippen molar-refractivity contribution < 1.29 is 14.3 Å². The molecule has 0 N–H and O–H groups in total. The van der Waals surface area contributed by atoms with E-state index >= 15 is 0 Å². The van der Waals surface area contributed by atoms with E-state index in [1.54, 1.807) is 6.92 Å². The first-order chi connectivity index (χ1) is 5.77. The summed E-state index contributed by atoms with van der Waals surface area (Å²) in [4.78, 5) is 24.7. The maximum absolute atomic E-state index is 10.3. The van der Waals surface area contributed by atoms with E-state index in [1.807, 2.05) is 0 Å². The number of nitrogens with zero attached hydrogens (tertiary/aromatic N) is 1. The SMILES string of the molecule is CC(OC=O)c1ncc(C=O)s1. The number of ether oxygens (including phenoxy) is 1. The Morgan fingerprint density at radius 3 is 2.92 bits per heavy atom. The van der Waals surface area contributed by atoms with E-state index in [-0.39, 0.29) is 6.10 Å². The van der Waals surface area contributed by atoms with Gasteiger partial charge in [0.1, 0.15) is 11.1 Å². The highest BCUT2D eigenvalue weighted by Crippen LogP contribution is 2.20. The molecule has 1 aromatic heterocycles. The zero-order valence-electron chi connectivity index (χ0n) is 6.39. The summed E-state index contributed by atoms with van der Waals surface area (Å²) in [5.41, 5.74) is 0. The number of thiazole rings is 1. The molecule has 0 amide bonds. The molecule has 64 valence electrons. The molecule has 0 aromatic carbocycles. The van der Waals surface area contributed by atoms with Gasteiger partial charge in [-0.15, -0.1) is 11.3 Å². The number of carbonyl (C=O) groups excluding carboxylic acids is 2. The topological polar surface area (TPSA) is 56.3 Å². The van der Waals surface area contributed by atoms with E-state index < -0.39 is 0 Å². The minimum absolute atomic E-state index is 0.368. The van der Waals surface area contributed by atoms with Crippen LogP contribution in [0.25, 0.3) is 0 Å². The predicted molar refractivity (Wildman–Crippen MR) is 43.1 cm³/mol. The molecule has 0 saturated carbocycles. The van der Waals surface area contributed by atoms with Crippen molar-refractivity contribution in [2.75, 3.05) is 0 Å². The predicted octanol–water partition coefficient (Wildman–Crippen LogP) is 1.19. The third-order valence-corrected chi connectivity index (χ3v) is 2.35. The highest BCUT2D eigenvalue weighted by atomic mass is 32.1. The Hall–Kier alpha value is -1.23. The summed E-state index contributed by atoms with van der Waals surface area (Å²) >= 11 is 1.22. The van der Waals surface area contributed by atoms with Crippen LogP contribution < -0.4 is 0 Å². The smallest absolute Gasteiger partial charge is 0.293 e. The van der Waals surface area contributed by atoms with Gasteiger partial charge in [0, 0.05) is 6.20 Å². The maximum atomic E-state index is 10.3. The summed E-state index contributed by atoms with van der Waals surface area (Å²) in [6.45, 7) is 2.06. The van der Waals surface area contributed by atoms with Gasteiger partial charge in [-0.05, 0) is 6.92 Å². The number of hydrogen-bond donors (Lipinski definition) is 0. The summed E-state index contributed by atoms with van der Waals surface area (Å²) in [5, 5.41) is 0.629. The zero-order chi connectivity index (χ0) is 8.97. The first-order valence-electron chi connectivity index (χ1n) is 3.28. The molecule has 1 atom stereocenters. The van der Waals surface area contributed by atoms with Crippen molar-refractivity contribution in [1.82, 2.24) is 4.98 Å². The number of aldehydes is 1. The molecule has 0 saturated heterocycles. The molecule has 1 rings (SSSR count). The fourth-order valence-corrected chi connectivity index (χ4v) is 1.41. The lowest BCUT2D eigenvalue weighted by atomic mass is 10.4. The molecule has 1 aromatic rings. The number of hydrogen-bond acceptors (Lipinski definition) is 5. The molecule has 5 heteroatoms. The first kappa shape index (κ1) is 8.86. The molecule has 1 heterocycles. The van der Waals surface area contributed by atoms with Gasteiger partial charge in [-0.2, -0.15) is 0 Å². The Morgan fingerprint density at radius 1 is 1.67 bits per heavy atom. The molecule has 0 bridgehead atoms. The molecule has 12 heavy (non-hydrogen) atoms. The second kappa shape index (κ2) is 3.96. The summed E-state index contributed by atoms with van der Waals surface area (Å²) in [7, 11) is 0. The van der Waals surface area contributed by atoms with Crippen molar-refractivity contribution in [3.05, 3.63) is 16.1 Å². The lowest BCUT2D eigenvalue weighted by Crippen LogP contribution is -1.96. The van der Waals surface area contributed by atoms with Gasteiger partial charge >= 0.3 is 0 Å². The molecular formula is C7H7NO3S. The van der Waals surface area contributed by atoms with Gasteiger partial charge in [0.05, 0.1) is 4.88 Å². The van der Waals surface area contributed by atoms with E-state index in [0.717, 1.165) is 6.29 Å². The third kappa shape index (κ3) is 1.88. The van der Waals surface area contributed by atoms with Crippen LogP contribution in [-0.4, -0.2) is 17.7 Å². The average molecular weight is 185 g/mol. The van der Waals surface area contributed by atoms with Crippen LogP contribution >= 0.6 is 11.3 Å². The lowest BCUT2D eigenvalue weighted by molar-refractivity contribution is -0.133. The van der Waals surface area contributed by atoms with Crippen molar-refractivity contribution in [3.8, 4) is 0 Å². The van der Waals surface area contributed by atoms with Crippen molar-refractivity contribution in [1.29, 1.82) is 0 Å². The Balaban J connectivity index is 2.73. The van der Waals surface area contributed by atoms with Gasteiger partial charge in [0.15, 0.2) is 6.29 Å². The average Bonchev–Trinajstić information content (AvgIpc) is 2.52. The van der Waals surface area contributed by atoms with Crippen LogP contribution in [0, 0.1) is 0 Å². The quantitative estimate of drug-likeness (QED) is 0.661. The van der Waals surface area contributed by atoms with E-state index in [1.165, 1.54) is 17.5 Å². The molecule has 0 spiro atoms. The molecule has 0 radical (unpaired) electrons. The number of rotatable bonds is 4. The van der Waals surface area contributed by atoms with Crippen molar-refractivity contribution in [3.63, 3.8) is 0 Å². The molecule has 0 fully saturated rings. The fourth-order valence-electron chi connectivity index (χ4n) is 0.685. The van der Waals surface area contributed by atoms with E-state index in [0.29, 0.717) is 16.4 Å². The summed E-state index contributed by atoms with van der Waals surface area (Å²) in [5.74, 6) is 0. The second-order valence-corrected chi connectivity index (χ2v) is 3.19. The molecule has 0 aliphatic rings. The Bertz CT molecular complexity index is 284. The van der Waals surface area contributed by atoms with Crippen LogP contribution in [0.1, 0.15) is 27.7 Å². The van der Waals surface area contributed by atoms with E-state index in [2.05, 4.69) is 9.72 Å². The van der Waals surface area contributed by atoms with Gasteiger partial charge in [-0.1, -0.05) is 0 Å². The fraction of sp³-hybridized carbons (Fsp3) is 0.286. The normalized spacial score (nSPS) is 12.1. The van der Waals surface area contributed by atoms with Crippen LogP contribution in [0.15, 0.2) is 6.20 Å². The summed E-state index contributed by atoms with van der Waals surface area (Å²) in [6, 6.07) is 0. The lowest BCUT2D eigenvalue weighted by Gasteiger charge is -2.03. The summed E-state index contributed by atoms with van der Waals surface area (Å²) < 4.78 is 4.64. The van der Waals surface area contributed by atoms with Crippen molar-refractivity contribution in [2.45, 2.75) is 13.0 Å². The highest BCUT2D eigenvalue weighted by Gasteiger charge is 2.09. The minimum Gasteiger partial charge on any atom is -0.457 e. The second-order valence-electron chi connectivity index (χ2n) is 2.09. The van der Waals surface area contributed by atoms with Gasteiger partial charge in [-0.25, -0.2) is 4.98 Å². The van der Waals surface area contributed by atoms with Crippen LogP contribution in [0.4, 0.5) is 0 Å². The van der Waals surface area contributed by atoms with Crippen LogP contribution in [0.5, 0.6) is 0 Å².